The minimum absolute atomic E-state index is 0.0428. The zero-order valence-corrected chi connectivity index (χ0v) is 22.9. The van der Waals surface area contributed by atoms with Crippen LogP contribution in [-0.2, 0) is 39.9 Å². The molecule has 5 amide bonds. The number of fused-ring (bicyclic) bond motifs is 2. The lowest BCUT2D eigenvalue weighted by molar-refractivity contribution is -0.187. The highest BCUT2D eigenvalue weighted by atomic mass is 19.4. The molecule has 3 aromatic rings. The number of imide groups is 1. The van der Waals surface area contributed by atoms with E-state index in [9.17, 15) is 36.7 Å². The molecule has 2 atom stereocenters. The maximum Gasteiger partial charge on any atom is 0.418 e. The molecule has 1 aliphatic carbocycles. The van der Waals surface area contributed by atoms with Gasteiger partial charge in [0.25, 0.3) is 5.91 Å². The second kappa shape index (κ2) is 11.0. The van der Waals surface area contributed by atoms with Gasteiger partial charge in [0, 0.05) is 37.5 Å². The van der Waals surface area contributed by atoms with Crippen molar-refractivity contribution in [2.75, 3.05) is 17.2 Å². The summed E-state index contributed by atoms with van der Waals surface area (Å²) in [4.78, 5) is 52.9. The fourth-order valence-electron chi connectivity index (χ4n) is 5.14. The number of aryl methyl sites for hydroxylation is 2. The van der Waals surface area contributed by atoms with E-state index in [2.05, 4.69) is 15.7 Å². The second-order valence-electron chi connectivity index (χ2n) is 10.3. The zero-order chi connectivity index (χ0) is 31.1. The molecule has 0 unspecified atom stereocenters. The number of hydrogen-bond acceptors (Lipinski definition) is 6. The molecule has 43 heavy (non-hydrogen) atoms. The zero-order valence-electron chi connectivity index (χ0n) is 22.9. The number of ether oxygens (including phenoxy) is 1. The summed E-state index contributed by atoms with van der Waals surface area (Å²) in [7, 11) is 1.70. The number of alkyl halides is 3. The molecule has 226 valence electrons. The fraction of sp³-hybridized carbons (Fsp3) is 0.321. The number of rotatable bonds is 7. The van der Waals surface area contributed by atoms with Gasteiger partial charge in [0.1, 0.15) is 18.4 Å². The molecule has 1 spiro atoms. The number of carbonyl (C=O) groups is 4. The smallest absolute Gasteiger partial charge is 0.418 e. The van der Waals surface area contributed by atoms with Gasteiger partial charge in [-0.25, -0.2) is 18.9 Å². The van der Waals surface area contributed by atoms with Crippen LogP contribution >= 0.6 is 0 Å². The Hall–Kier alpha value is -4.95. The standard InChI is InChI=1S/C28H26F4N6O5/c1-16(28(30,31)32)37(13-17-3-5-19(29)6-4-17)23(39)15-38-24(40)27(43-26(38)42)10-9-18-11-20(7-8-22(18)27)34-25(41)35-21-12-33-36(2)14-21/h3-8,11-12,14,16H,9-10,13,15H2,1-2H3,(H2,34,35,41)/t16-,27+/m0/s1. The van der Waals surface area contributed by atoms with Crippen molar-refractivity contribution in [3.63, 3.8) is 0 Å². The number of carbonyl (C=O) groups excluding carboxylic acids is 4. The van der Waals surface area contributed by atoms with Gasteiger partial charge >= 0.3 is 18.3 Å². The first-order chi connectivity index (χ1) is 20.3. The molecule has 0 bridgehead atoms. The molecule has 2 aromatic carbocycles. The van der Waals surface area contributed by atoms with Crippen molar-refractivity contribution in [1.29, 1.82) is 0 Å². The average molecular weight is 603 g/mol. The van der Waals surface area contributed by atoms with Crippen LogP contribution in [0.3, 0.4) is 0 Å². The van der Waals surface area contributed by atoms with Crippen LogP contribution in [0.4, 0.5) is 38.5 Å². The summed E-state index contributed by atoms with van der Waals surface area (Å²) in [5.41, 5.74) is 0.308. The number of nitrogens with one attached hydrogen (secondary N) is 2. The monoisotopic (exact) mass is 602 g/mol. The Labute approximate surface area is 242 Å². The Morgan fingerprint density at radius 3 is 2.47 bits per heavy atom. The molecule has 0 radical (unpaired) electrons. The van der Waals surface area contributed by atoms with Crippen molar-refractivity contribution in [3.05, 3.63) is 77.4 Å². The lowest BCUT2D eigenvalue weighted by atomic mass is 9.94. The van der Waals surface area contributed by atoms with Crippen molar-refractivity contribution in [1.82, 2.24) is 19.6 Å². The van der Waals surface area contributed by atoms with E-state index >= 15 is 0 Å². The molecule has 5 rings (SSSR count). The molecule has 15 heteroatoms. The van der Waals surface area contributed by atoms with Crippen LogP contribution < -0.4 is 10.6 Å². The largest absolute Gasteiger partial charge is 0.427 e. The SMILES string of the molecule is C[C@H](N(Cc1ccc(F)cc1)C(=O)CN1C(=O)O[C@@]2(CCc3cc(NC(=O)Nc4cnn(C)c4)ccc32)C1=O)C(F)(F)F. The highest BCUT2D eigenvalue weighted by Crippen LogP contribution is 2.46. The summed E-state index contributed by atoms with van der Waals surface area (Å²) in [6, 6.07) is 6.43. The molecule has 1 aromatic heterocycles. The van der Waals surface area contributed by atoms with Gasteiger partial charge in [-0.2, -0.15) is 18.3 Å². The molecule has 11 nitrogen and oxygen atoms in total. The van der Waals surface area contributed by atoms with E-state index in [0.29, 0.717) is 32.3 Å². The molecule has 2 aliphatic rings. The number of urea groups is 1. The maximum atomic E-state index is 13.7. The Balaban J connectivity index is 1.31. The van der Waals surface area contributed by atoms with Gasteiger partial charge in [0.05, 0.1) is 11.9 Å². The Kier molecular flexibility index (Phi) is 7.58. The third-order valence-corrected chi connectivity index (χ3v) is 7.40. The molecule has 0 saturated carbocycles. The van der Waals surface area contributed by atoms with Crippen LogP contribution in [0, 0.1) is 5.82 Å². The van der Waals surface area contributed by atoms with Crippen molar-refractivity contribution < 1.29 is 41.5 Å². The second-order valence-corrected chi connectivity index (χ2v) is 10.3. The van der Waals surface area contributed by atoms with Gasteiger partial charge < -0.3 is 20.3 Å². The van der Waals surface area contributed by atoms with E-state index in [4.69, 9.17) is 4.74 Å². The average Bonchev–Trinajstić information content (AvgIpc) is 3.59. The van der Waals surface area contributed by atoms with E-state index < -0.39 is 60.7 Å². The van der Waals surface area contributed by atoms with Crippen LogP contribution in [0.25, 0.3) is 0 Å². The number of aromatic nitrogens is 2. The Bertz CT molecular complexity index is 1590. The highest BCUT2D eigenvalue weighted by molar-refractivity contribution is 6.06. The van der Waals surface area contributed by atoms with Gasteiger partial charge in [0.2, 0.25) is 11.5 Å². The predicted molar refractivity (Wildman–Crippen MR) is 143 cm³/mol. The van der Waals surface area contributed by atoms with Crippen LogP contribution in [0.15, 0.2) is 54.9 Å². The Morgan fingerprint density at radius 1 is 1.12 bits per heavy atom. The number of benzene rings is 2. The van der Waals surface area contributed by atoms with Crippen LogP contribution in [0.2, 0.25) is 0 Å². The van der Waals surface area contributed by atoms with E-state index in [1.54, 1.807) is 19.3 Å². The normalized spacial score (nSPS) is 18.4. The lowest BCUT2D eigenvalue weighted by Gasteiger charge is -2.31. The number of anilines is 2. The topological polar surface area (TPSA) is 126 Å². The summed E-state index contributed by atoms with van der Waals surface area (Å²) in [6.45, 7) is -0.734. The summed E-state index contributed by atoms with van der Waals surface area (Å²) in [5, 5.41) is 9.25. The molecule has 2 heterocycles. The number of nitrogens with zero attached hydrogens (tertiary/aromatic N) is 4. The minimum atomic E-state index is -4.81. The number of amides is 5. The summed E-state index contributed by atoms with van der Waals surface area (Å²) < 4.78 is 61.3. The lowest BCUT2D eigenvalue weighted by Crippen LogP contribution is -2.51. The first kappa shape index (κ1) is 29.5. The molecule has 2 N–H and O–H groups in total. The van der Waals surface area contributed by atoms with Crippen molar-refractivity contribution >= 4 is 35.3 Å². The molecular weight excluding hydrogens is 576 g/mol. The van der Waals surface area contributed by atoms with Crippen LogP contribution in [0.5, 0.6) is 0 Å². The summed E-state index contributed by atoms with van der Waals surface area (Å²) in [6.07, 6.45) is -2.57. The van der Waals surface area contributed by atoms with Crippen molar-refractivity contribution in [2.45, 2.75) is 44.1 Å². The van der Waals surface area contributed by atoms with Gasteiger partial charge in [-0.1, -0.05) is 18.2 Å². The highest BCUT2D eigenvalue weighted by Gasteiger charge is 2.58. The molecule has 1 aliphatic heterocycles. The van der Waals surface area contributed by atoms with Gasteiger partial charge in [-0.3, -0.25) is 14.3 Å². The van der Waals surface area contributed by atoms with E-state index in [0.717, 1.165) is 19.1 Å². The predicted octanol–water partition coefficient (Wildman–Crippen LogP) is 4.30. The Morgan fingerprint density at radius 2 is 1.81 bits per heavy atom. The third kappa shape index (κ3) is 5.87. The molecule has 1 fully saturated rings. The third-order valence-electron chi connectivity index (χ3n) is 7.40. The van der Waals surface area contributed by atoms with Crippen LogP contribution in [-0.4, -0.2) is 62.3 Å². The minimum Gasteiger partial charge on any atom is -0.427 e. The summed E-state index contributed by atoms with van der Waals surface area (Å²) in [5.74, 6) is -2.62. The van der Waals surface area contributed by atoms with E-state index in [1.807, 2.05) is 0 Å². The number of halogens is 4. The van der Waals surface area contributed by atoms with Crippen LogP contribution in [0.1, 0.15) is 30.0 Å². The quantitative estimate of drug-likeness (QED) is 0.389. The van der Waals surface area contributed by atoms with Crippen molar-refractivity contribution in [3.8, 4) is 0 Å². The maximum absolute atomic E-state index is 13.7. The summed E-state index contributed by atoms with van der Waals surface area (Å²) >= 11 is 0. The van der Waals surface area contributed by atoms with Gasteiger partial charge in [0.15, 0.2) is 0 Å². The first-order valence-corrected chi connectivity index (χ1v) is 13.1. The van der Waals surface area contributed by atoms with Gasteiger partial charge in [-0.15, -0.1) is 0 Å². The first-order valence-electron chi connectivity index (χ1n) is 13.1. The molecule has 1 saturated heterocycles. The number of hydrogen-bond donors (Lipinski definition) is 2. The fourth-order valence-corrected chi connectivity index (χ4v) is 5.14. The van der Waals surface area contributed by atoms with E-state index in [-0.39, 0.29) is 18.4 Å². The van der Waals surface area contributed by atoms with Gasteiger partial charge in [-0.05, 0) is 48.7 Å². The molecular formula is C28H26F4N6O5. The van der Waals surface area contributed by atoms with E-state index in [1.165, 1.54) is 35.1 Å². The van der Waals surface area contributed by atoms with Crippen molar-refractivity contribution in [2.24, 2.45) is 7.05 Å².